The zero-order chi connectivity index (χ0) is 25.3. The number of halogens is 6. The fourth-order valence-electron chi connectivity index (χ4n) is 3.83. The van der Waals surface area contributed by atoms with Crippen LogP contribution in [0.25, 0.3) is 0 Å². The molecule has 2 aromatic rings. The van der Waals surface area contributed by atoms with Gasteiger partial charge in [0.2, 0.25) is 5.91 Å². The quantitative estimate of drug-likeness (QED) is 0.324. The average molecular weight is 506 g/mol. The van der Waals surface area contributed by atoms with E-state index in [0.29, 0.717) is 25.8 Å². The molecule has 1 heterocycles. The van der Waals surface area contributed by atoms with Crippen LogP contribution in [0.2, 0.25) is 0 Å². The van der Waals surface area contributed by atoms with E-state index in [1.807, 2.05) is 18.4 Å². The van der Waals surface area contributed by atoms with Crippen molar-refractivity contribution in [3.05, 3.63) is 59.2 Å². The molecule has 0 saturated carbocycles. The first kappa shape index (κ1) is 25.9. The maximum atomic E-state index is 13.8. The molecule has 0 radical (unpaired) electrons. The predicted octanol–water partition coefficient (Wildman–Crippen LogP) is 5.12. The van der Waals surface area contributed by atoms with E-state index in [4.69, 9.17) is 0 Å². The van der Waals surface area contributed by atoms with Gasteiger partial charge in [0, 0.05) is 17.1 Å². The second kappa shape index (κ2) is 9.49. The summed E-state index contributed by atoms with van der Waals surface area (Å²) in [6, 6.07) is 7.91. The van der Waals surface area contributed by atoms with Gasteiger partial charge in [0.05, 0.1) is 13.5 Å². The summed E-state index contributed by atoms with van der Waals surface area (Å²) < 4.78 is 86.6. The Labute approximate surface area is 195 Å². The van der Waals surface area contributed by atoms with Crippen LogP contribution >= 0.6 is 11.8 Å². The lowest BCUT2D eigenvalue weighted by Gasteiger charge is -2.37. The van der Waals surface area contributed by atoms with Gasteiger partial charge in [-0.15, -0.1) is 11.8 Å². The monoisotopic (exact) mass is 506 g/mol. The molecule has 12 heteroatoms. The van der Waals surface area contributed by atoms with Crippen molar-refractivity contribution in [1.29, 1.82) is 0 Å². The van der Waals surface area contributed by atoms with Gasteiger partial charge >= 0.3 is 18.3 Å². The van der Waals surface area contributed by atoms with Gasteiger partial charge in [0.25, 0.3) is 0 Å². The minimum absolute atomic E-state index is 0.000973. The standard InChI is InChI=1S/C22H20F6N2O3S/c1-33-17(31)10-20(21(23,24)25,22(26,27)28)13-3-5-14(6-4-13)30-19(32)18-16-8-7-15(34-2)9-12(16)11-29-18/h3-9,18,29H,10-11H2,1-2H3,(H,30,32). The second-order valence-electron chi connectivity index (χ2n) is 7.60. The first-order valence-electron chi connectivity index (χ1n) is 9.86. The van der Waals surface area contributed by atoms with Crippen molar-refractivity contribution in [2.75, 3.05) is 18.7 Å². The van der Waals surface area contributed by atoms with Gasteiger partial charge in [-0.1, -0.05) is 18.2 Å². The van der Waals surface area contributed by atoms with Gasteiger partial charge in [0.15, 0.2) is 5.41 Å². The average Bonchev–Trinajstić information content (AvgIpc) is 3.19. The summed E-state index contributed by atoms with van der Waals surface area (Å²) in [5, 5.41) is 5.53. The van der Waals surface area contributed by atoms with Crippen LogP contribution in [0.3, 0.4) is 0 Å². The van der Waals surface area contributed by atoms with Gasteiger partial charge < -0.3 is 10.1 Å². The van der Waals surface area contributed by atoms with Crippen molar-refractivity contribution < 1.29 is 40.7 Å². The molecule has 2 aromatic carbocycles. The Morgan fingerprint density at radius 2 is 1.68 bits per heavy atom. The van der Waals surface area contributed by atoms with Crippen LogP contribution in [0, 0.1) is 0 Å². The van der Waals surface area contributed by atoms with Crippen molar-refractivity contribution in [2.45, 2.75) is 41.7 Å². The number of anilines is 1. The molecule has 0 spiro atoms. The van der Waals surface area contributed by atoms with Crippen LogP contribution in [-0.4, -0.2) is 37.6 Å². The van der Waals surface area contributed by atoms with E-state index >= 15 is 0 Å². The van der Waals surface area contributed by atoms with E-state index in [1.54, 1.807) is 17.8 Å². The van der Waals surface area contributed by atoms with Crippen molar-refractivity contribution in [1.82, 2.24) is 5.32 Å². The third kappa shape index (κ3) is 4.74. The van der Waals surface area contributed by atoms with Crippen molar-refractivity contribution >= 4 is 29.3 Å². The third-order valence-electron chi connectivity index (χ3n) is 5.67. The number of carbonyl (C=O) groups excluding carboxylic acids is 2. The molecule has 3 rings (SSSR count). The Morgan fingerprint density at radius 3 is 2.21 bits per heavy atom. The number of methoxy groups -OCH3 is 1. The number of nitrogens with one attached hydrogen (secondary N) is 2. The number of amides is 1. The zero-order valence-corrected chi connectivity index (χ0v) is 18.8. The van der Waals surface area contributed by atoms with Crippen LogP contribution in [0.15, 0.2) is 47.4 Å². The van der Waals surface area contributed by atoms with Crippen LogP contribution in [-0.2, 0) is 26.3 Å². The molecule has 1 aliphatic rings. The van der Waals surface area contributed by atoms with Gasteiger partial charge in [-0.05, 0) is 47.2 Å². The molecule has 5 nitrogen and oxygen atoms in total. The minimum Gasteiger partial charge on any atom is -0.469 e. The van der Waals surface area contributed by atoms with Gasteiger partial charge in [0.1, 0.15) is 6.04 Å². The fraction of sp³-hybridized carbons (Fsp3) is 0.364. The number of esters is 1. The van der Waals surface area contributed by atoms with Gasteiger partial charge in [-0.25, -0.2) is 0 Å². The number of carbonyl (C=O) groups is 2. The highest BCUT2D eigenvalue weighted by molar-refractivity contribution is 7.98. The molecular formula is C22H20F6N2O3S. The Kier molecular flexibility index (Phi) is 7.23. The zero-order valence-electron chi connectivity index (χ0n) is 17.9. The van der Waals surface area contributed by atoms with E-state index in [2.05, 4.69) is 15.4 Å². The molecule has 1 atom stereocenters. The summed E-state index contributed by atoms with van der Waals surface area (Å²) in [6.45, 7) is 0.438. The summed E-state index contributed by atoms with van der Waals surface area (Å²) in [4.78, 5) is 25.2. The Morgan fingerprint density at radius 1 is 1.06 bits per heavy atom. The van der Waals surface area contributed by atoms with Crippen LogP contribution in [0.5, 0.6) is 0 Å². The van der Waals surface area contributed by atoms with Crippen LogP contribution in [0.4, 0.5) is 32.0 Å². The summed E-state index contributed by atoms with van der Waals surface area (Å²) in [5.41, 5.74) is -3.99. The number of hydrogen-bond acceptors (Lipinski definition) is 5. The summed E-state index contributed by atoms with van der Waals surface area (Å²) in [7, 11) is 0.704. The number of benzene rings is 2. The highest BCUT2D eigenvalue weighted by Gasteiger charge is 2.72. The topological polar surface area (TPSA) is 67.4 Å². The van der Waals surface area contributed by atoms with Crippen LogP contribution < -0.4 is 10.6 Å². The number of thioether (sulfide) groups is 1. The van der Waals surface area contributed by atoms with Crippen molar-refractivity contribution in [2.24, 2.45) is 0 Å². The number of rotatable bonds is 6. The van der Waals surface area contributed by atoms with E-state index in [1.165, 1.54) is 0 Å². The number of alkyl halides is 6. The fourth-order valence-corrected chi connectivity index (χ4v) is 4.30. The molecule has 1 aliphatic heterocycles. The number of hydrogen-bond donors (Lipinski definition) is 2. The number of fused-ring (bicyclic) bond motifs is 1. The van der Waals surface area contributed by atoms with E-state index in [9.17, 15) is 35.9 Å². The molecule has 34 heavy (non-hydrogen) atoms. The van der Waals surface area contributed by atoms with Crippen LogP contribution in [0.1, 0.15) is 29.2 Å². The minimum atomic E-state index is -5.84. The normalized spacial score (nSPS) is 16.2. The van der Waals surface area contributed by atoms with Gasteiger partial charge in [-0.2, -0.15) is 26.3 Å². The lowest BCUT2D eigenvalue weighted by Crippen LogP contribution is -2.55. The smallest absolute Gasteiger partial charge is 0.407 e. The molecule has 0 fully saturated rings. The maximum Gasteiger partial charge on any atom is 0.407 e. The number of ether oxygens (including phenoxy) is 1. The first-order valence-corrected chi connectivity index (χ1v) is 11.1. The molecule has 184 valence electrons. The first-order chi connectivity index (χ1) is 15.8. The molecule has 0 aliphatic carbocycles. The highest BCUT2D eigenvalue weighted by Crippen LogP contribution is 2.54. The molecule has 2 N–H and O–H groups in total. The van der Waals surface area contributed by atoms with Crippen molar-refractivity contribution in [3.63, 3.8) is 0 Å². The Balaban J connectivity index is 1.87. The lowest BCUT2D eigenvalue weighted by molar-refractivity contribution is -0.304. The Hall–Kier alpha value is -2.73. The Bertz CT molecular complexity index is 1060. The summed E-state index contributed by atoms with van der Waals surface area (Å²) in [5.74, 6) is -2.18. The van der Waals surface area contributed by atoms with Gasteiger partial charge in [-0.3, -0.25) is 14.9 Å². The lowest BCUT2D eigenvalue weighted by atomic mass is 9.76. The highest BCUT2D eigenvalue weighted by atomic mass is 32.2. The molecular weight excluding hydrogens is 486 g/mol. The summed E-state index contributed by atoms with van der Waals surface area (Å²) >= 11 is 1.54. The third-order valence-corrected chi connectivity index (χ3v) is 6.40. The predicted molar refractivity (Wildman–Crippen MR) is 113 cm³/mol. The maximum absolute atomic E-state index is 13.8. The van der Waals surface area contributed by atoms with E-state index in [-0.39, 0.29) is 5.69 Å². The molecule has 0 aromatic heterocycles. The molecule has 1 unspecified atom stereocenters. The van der Waals surface area contributed by atoms with E-state index < -0.39 is 47.7 Å². The SMILES string of the molecule is COC(=O)CC(c1ccc(NC(=O)C2NCc3cc(SC)ccc32)cc1)(C(F)(F)F)C(F)(F)F. The largest absolute Gasteiger partial charge is 0.469 e. The second-order valence-corrected chi connectivity index (χ2v) is 8.48. The molecule has 0 bridgehead atoms. The molecule has 0 saturated heterocycles. The van der Waals surface area contributed by atoms with E-state index in [0.717, 1.165) is 28.2 Å². The van der Waals surface area contributed by atoms with Crippen molar-refractivity contribution in [3.8, 4) is 0 Å². The molecule has 1 amide bonds. The summed E-state index contributed by atoms with van der Waals surface area (Å²) in [6.07, 6.45) is -11.7.